The van der Waals surface area contributed by atoms with Crippen LogP contribution < -0.4 is 0 Å². The molecule has 0 unspecified atom stereocenters. The summed E-state index contributed by atoms with van der Waals surface area (Å²) in [6, 6.07) is 0. The molecule has 6 nitrogen and oxygen atoms in total. The molecule has 0 bridgehead atoms. The molecular formula is C13H23N3O3. The van der Waals surface area contributed by atoms with Crippen LogP contribution in [0.1, 0.15) is 37.9 Å². The van der Waals surface area contributed by atoms with E-state index in [0.29, 0.717) is 24.9 Å². The Morgan fingerprint density at radius 1 is 1.42 bits per heavy atom. The molecule has 1 aromatic heterocycles. The van der Waals surface area contributed by atoms with Crippen LogP contribution in [-0.4, -0.2) is 47.0 Å². The third kappa shape index (κ3) is 3.52. The zero-order chi connectivity index (χ0) is 13.7. The average Bonchev–Trinajstić information content (AvgIpc) is 2.88. The summed E-state index contributed by atoms with van der Waals surface area (Å²) >= 11 is 0. The van der Waals surface area contributed by atoms with E-state index in [1.165, 1.54) is 0 Å². The van der Waals surface area contributed by atoms with Gasteiger partial charge in [-0.05, 0) is 37.8 Å². The first-order valence-corrected chi connectivity index (χ1v) is 6.85. The Morgan fingerprint density at radius 2 is 2.16 bits per heavy atom. The fourth-order valence-electron chi connectivity index (χ4n) is 2.55. The van der Waals surface area contributed by atoms with E-state index < -0.39 is 0 Å². The Hall–Kier alpha value is -0.980. The van der Waals surface area contributed by atoms with Gasteiger partial charge in [-0.2, -0.15) is 4.98 Å². The quantitative estimate of drug-likeness (QED) is 0.836. The Bertz CT molecular complexity index is 380. The van der Waals surface area contributed by atoms with E-state index in [4.69, 9.17) is 9.26 Å². The van der Waals surface area contributed by atoms with Crippen molar-refractivity contribution in [3.05, 3.63) is 11.7 Å². The van der Waals surface area contributed by atoms with Gasteiger partial charge in [-0.3, -0.25) is 4.90 Å². The van der Waals surface area contributed by atoms with Gasteiger partial charge in [0.25, 0.3) is 5.89 Å². The molecule has 0 aliphatic carbocycles. The summed E-state index contributed by atoms with van der Waals surface area (Å²) in [7, 11) is 1.60. The standard InChI is InChI=1S/C13H23N3O3/c1-3-13(10-17)4-6-16(7-5-13)8-11-14-12(9-18-2)19-15-11/h17H,3-10H2,1-2H3. The van der Waals surface area contributed by atoms with Gasteiger partial charge in [0.1, 0.15) is 6.61 Å². The summed E-state index contributed by atoms with van der Waals surface area (Å²) in [6.45, 7) is 5.46. The molecule has 0 aromatic carbocycles. The minimum absolute atomic E-state index is 0.120. The molecule has 0 saturated carbocycles. The number of nitrogens with zero attached hydrogens (tertiary/aromatic N) is 3. The highest BCUT2D eigenvalue weighted by Gasteiger charge is 2.32. The van der Waals surface area contributed by atoms with Gasteiger partial charge in [-0.1, -0.05) is 12.1 Å². The van der Waals surface area contributed by atoms with Gasteiger partial charge in [0, 0.05) is 13.7 Å². The van der Waals surface area contributed by atoms with E-state index >= 15 is 0 Å². The van der Waals surface area contributed by atoms with E-state index in [-0.39, 0.29) is 12.0 Å². The number of aromatic nitrogens is 2. The lowest BCUT2D eigenvalue weighted by Gasteiger charge is -2.39. The van der Waals surface area contributed by atoms with Crippen molar-refractivity contribution in [1.82, 2.24) is 15.0 Å². The average molecular weight is 269 g/mol. The number of rotatable bonds is 6. The predicted octanol–water partition coefficient (Wildman–Crippen LogP) is 1.20. The van der Waals surface area contributed by atoms with Crippen LogP contribution >= 0.6 is 0 Å². The van der Waals surface area contributed by atoms with Crippen molar-refractivity contribution < 1.29 is 14.4 Å². The van der Waals surface area contributed by atoms with Crippen molar-refractivity contribution in [3.8, 4) is 0 Å². The molecule has 1 aromatic rings. The van der Waals surface area contributed by atoms with Crippen molar-refractivity contribution in [2.24, 2.45) is 5.41 Å². The molecule has 1 N–H and O–H groups in total. The third-order valence-corrected chi connectivity index (χ3v) is 4.15. The molecule has 0 amide bonds. The van der Waals surface area contributed by atoms with Gasteiger partial charge in [-0.15, -0.1) is 0 Å². The zero-order valence-corrected chi connectivity index (χ0v) is 11.8. The molecule has 1 aliphatic heterocycles. The molecule has 6 heteroatoms. The Morgan fingerprint density at radius 3 is 2.74 bits per heavy atom. The SMILES string of the molecule is CCC1(CO)CCN(Cc2noc(COC)n2)CC1. The first-order chi connectivity index (χ1) is 9.21. The maximum atomic E-state index is 9.51. The first kappa shape index (κ1) is 14.4. The number of likely N-dealkylation sites (tertiary alicyclic amines) is 1. The van der Waals surface area contributed by atoms with E-state index in [9.17, 15) is 5.11 Å². The number of piperidine rings is 1. The van der Waals surface area contributed by atoms with Crippen LogP contribution in [0.5, 0.6) is 0 Å². The second-order valence-corrected chi connectivity index (χ2v) is 5.33. The van der Waals surface area contributed by atoms with Gasteiger partial charge in [0.05, 0.1) is 6.54 Å². The monoisotopic (exact) mass is 269 g/mol. The van der Waals surface area contributed by atoms with Crippen molar-refractivity contribution in [3.63, 3.8) is 0 Å². The van der Waals surface area contributed by atoms with Crippen molar-refractivity contribution >= 4 is 0 Å². The highest BCUT2D eigenvalue weighted by atomic mass is 16.5. The number of methoxy groups -OCH3 is 1. The van der Waals surface area contributed by atoms with Crippen molar-refractivity contribution in [2.75, 3.05) is 26.8 Å². The van der Waals surface area contributed by atoms with Crippen LogP contribution in [0.3, 0.4) is 0 Å². The zero-order valence-electron chi connectivity index (χ0n) is 11.8. The van der Waals surface area contributed by atoms with E-state index in [2.05, 4.69) is 22.0 Å². The van der Waals surface area contributed by atoms with Crippen LogP contribution in [0.25, 0.3) is 0 Å². The van der Waals surface area contributed by atoms with Gasteiger partial charge in [0.15, 0.2) is 5.82 Å². The molecule has 0 spiro atoms. The van der Waals surface area contributed by atoms with Gasteiger partial charge >= 0.3 is 0 Å². The summed E-state index contributed by atoms with van der Waals surface area (Å²) in [6.07, 6.45) is 3.10. The maximum Gasteiger partial charge on any atom is 0.252 e. The number of aliphatic hydroxyl groups excluding tert-OH is 1. The fraction of sp³-hybridized carbons (Fsp3) is 0.846. The molecule has 19 heavy (non-hydrogen) atoms. The first-order valence-electron chi connectivity index (χ1n) is 6.85. The highest BCUT2D eigenvalue weighted by Crippen LogP contribution is 2.34. The van der Waals surface area contributed by atoms with Crippen molar-refractivity contribution in [2.45, 2.75) is 39.3 Å². The Kier molecular flexibility index (Phi) is 4.90. The third-order valence-electron chi connectivity index (χ3n) is 4.15. The van der Waals surface area contributed by atoms with E-state index in [0.717, 1.165) is 32.4 Å². The fourth-order valence-corrected chi connectivity index (χ4v) is 2.55. The number of hydrogen-bond donors (Lipinski definition) is 1. The molecule has 1 saturated heterocycles. The van der Waals surface area contributed by atoms with Gasteiger partial charge in [0.2, 0.25) is 0 Å². The van der Waals surface area contributed by atoms with Gasteiger partial charge in [-0.25, -0.2) is 0 Å². The van der Waals surface area contributed by atoms with E-state index in [1.807, 2.05) is 0 Å². The summed E-state index contributed by atoms with van der Waals surface area (Å²) in [5, 5.41) is 13.5. The molecule has 1 aliphatic rings. The largest absolute Gasteiger partial charge is 0.396 e. The minimum Gasteiger partial charge on any atom is -0.396 e. The lowest BCUT2D eigenvalue weighted by molar-refractivity contribution is 0.0371. The van der Waals surface area contributed by atoms with E-state index in [1.54, 1.807) is 7.11 Å². The van der Waals surface area contributed by atoms with Crippen LogP contribution in [0.15, 0.2) is 4.52 Å². The van der Waals surface area contributed by atoms with Crippen LogP contribution in [0, 0.1) is 5.41 Å². The number of aliphatic hydroxyl groups is 1. The molecule has 0 atom stereocenters. The lowest BCUT2D eigenvalue weighted by Crippen LogP contribution is -2.41. The second kappa shape index (κ2) is 6.45. The second-order valence-electron chi connectivity index (χ2n) is 5.33. The summed E-state index contributed by atoms with van der Waals surface area (Å²) in [5.74, 6) is 1.23. The summed E-state index contributed by atoms with van der Waals surface area (Å²) < 4.78 is 10.0. The molecule has 2 rings (SSSR count). The summed E-state index contributed by atoms with van der Waals surface area (Å²) in [5.41, 5.74) is 0.120. The normalized spacial score (nSPS) is 19.7. The maximum absolute atomic E-state index is 9.51. The minimum atomic E-state index is 0.120. The predicted molar refractivity (Wildman–Crippen MR) is 69.3 cm³/mol. The highest BCUT2D eigenvalue weighted by molar-refractivity contribution is 4.89. The summed E-state index contributed by atoms with van der Waals surface area (Å²) in [4.78, 5) is 6.59. The van der Waals surface area contributed by atoms with Crippen LogP contribution in [-0.2, 0) is 17.9 Å². The van der Waals surface area contributed by atoms with Gasteiger partial charge < -0.3 is 14.4 Å². The molecular weight excluding hydrogens is 246 g/mol. The Balaban J connectivity index is 1.84. The Labute approximate surface area is 113 Å². The topological polar surface area (TPSA) is 71.6 Å². The lowest BCUT2D eigenvalue weighted by atomic mass is 9.77. The van der Waals surface area contributed by atoms with Crippen molar-refractivity contribution in [1.29, 1.82) is 0 Å². The van der Waals surface area contributed by atoms with Crippen LogP contribution in [0.2, 0.25) is 0 Å². The smallest absolute Gasteiger partial charge is 0.252 e. The molecule has 1 fully saturated rings. The number of hydrogen-bond acceptors (Lipinski definition) is 6. The molecule has 108 valence electrons. The molecule has 2 heterocycles. The van der Waals surface area contributed by atoms with Crippen LogP contribution in [0.4, 0.5) is 0 Å². The molecule has 0 radical (unpaired) electrons. The number of ether oxygens (including phenoxy) is 1.